The third kappa shape index (κ3) is 3.49. The highest BCUT2D eigenvalue weighted by Crippen LogP contribution is 2.12. The Morgan fingerprint density at radius 2 is 1.87 bits per heavy atom. The van der Waals surface area contributed by atoms with E-state index in [1.165, 1.54) is 12.2 Å². The number of benzene rings is 1. The van der Waals surface area contributed by atoms with Gasteiger partial charge in [0.1, 0.15) is 0 Å². The molecule has 0 radical (unpaired) electrons. The van der Waals surface area contributed by atoms with Crippen LogP contribution in [-0.4, -0.2) is 11.1 Å². The summed E-state index contributed by atoms with van der Waals surface area (Å²) >= 11 is 0. The molecular formula is C12H9NO2. The monoisotopic (exact) mass is 199 g/mol. The van der Waals surface area contributed by atoms with E-state index in [0.717, 1.165) is 17.2 Å². The van der Waals surface area contributed by atoms with Gasteiger partial charge in [-0.2, -0.15) is 5.26 Å². The van der Waals surface area contributed by atoms with Crippen LogP contribution < -0.4 is 0 Å². The number of carboxylic acid groups (broad SMARTS) is 1. The quantitative estimate of drug-likeness (QED) is 0.600. The second kappa shape index (κ2) is 5.40. The third-order valence-electron chi connectivity index (χ3n) is 1.74. The summed E-state index contributed by atoms with van der Waals surface area (Å²) in [5, 5.41) is 16.9. The second-order valence-electron chi connectivity index (χ2n) is 2.76. The number of nitriles is 1. The molecule has 0 fully saturated rings. The number of allylic oxidation sites excluding steroid dienone is 1. The Labute approximate surface area is 87.6 Å². The molecule has 0 aromatic heterocycles. The maximum absolute atomic E-state index is 10.3. The van der Waals surface area contributed by atoms with Crippen molar-refractivity contribution < 1.29 is 9.90 Å². The maximum atomic E-state index is 10.3. The van der Waals surface area contributed by atoms with E-state index in [2.05, 4.69) is 0 Å². The van der Waals surface area contributed by atoms with E-state index >= 15 is 0 Å². The van der Waals surface area contributed by atoms with Crippen molar-refractivity contribution in [3.63, 3.8) is 0 Å². The highest BCUT2D eigenvalue weighted by molar-refractivity contribution is 5.86. The summed E-state index contributed by atoms with van der Waals surface area (Å²) in [5.74, 6) is -0.992. The van der Waals surface area contributed by atoms with Gasteiger partial charge in [0.25, 0.3) is 0 Å². The lowest BCUT2D eigenvalue weighted by molar-refractivity contribution is -0.131. The molecule has 3 nitrogen and oxygen atoms in total. The molecule has 0 saturated heterocycles. The Bertz CT molecular complexity index is 453. The molecule has 3 heteroatoms. The zero-order chi connectivity index (χ0) is 11.1. The third-order valence-corrected chi connectivity index (χ3v) is 1.74. The first-order valence-electron chi connectivity index (χ1n) is 4.30. The molecule has 1 aromatic carbocycles. The van der Waals surface area contributed by atoms with E-state index in [1.807, 2.05) is 24.3 Å². The van der Waals surface area contributed by atoms with Crippen molar-refractivity contribution in [1.29, 1.82) is 5.26 Å². The van der Waals surface area contributed by atoms with Gasteiger partial charge in [0.05, 0.1) is 6.07 Å². The van der Waals surface area contributed by atoms with Gasteiger partial charge in [-0.15, -0.1) is 0 Å². The summed E-state index contributed by atoms with van der Waals surface area (Å²) < 4.78 is 0. The molecule has 1 aromatic rings. The molecule has 0 aliphatic rings. The van der Waals surface area contributed by atoms with Gasteiger partial charge < -0.3 is 5.11 Å². The van der Waals surface area contributed by atoms with Crippen LogP contribution in [0, 0.1) is 11.3 Å². The van der Waals surface area contributed by atoms with E-state index in [0.29, 0.717) is 0 Å². The predicted octanol–water partition coefficient (Wildman–Crippen LogP) is 2.32. The van der Waals surface area contributed by atoms with Crippen LogP contribution in [0.3, 0.4) is 0 Å². The first-order valence-corrected chi connectivity index (χ1v) is 4.30. The van der Waals surface area contributed by atoms with Gasteiger partial charge in [-0.25, -0.2) is 4.79 Å². The lowest BCUT2D eigenvalue weighted by Gasteiger charge is -1.98. The standard InChI is InChI=1S/C12H9NO2/c13-9-3-6-10-4-1-2-5-11(10)7-8-12(14)15/h1-8H,(H,14,15)/b6-3?,8-7+. The lowest BCUT2D eigenvalue weighted by atomic mass is 10.1. The summed E-state index contributed by atoms with van der Waals surface area (Å²) in [5.41, 5.74) is 1.59. The molecule has 74 valence electrons. The van der Waals surface area contributed by atoms with Crippen LogP contribution in [0.1, 0.15) is 11.1 Å². The van der Waals surface area contributed by atoms with Crippen LogP contribution in [0.15, 0.2) is 36.4 Å². The van der Waals surface area contributed by atoms with E-state index in [4.69, 9.17) is 10.4 Å². The van der Waals surface area contributed by atoms with E-state index in [-0.39, 0.29) is 0 Å². The van der Waals surface area contributed by atoms with Gasteiger partial charge in [0.2, 0.25) is 0 Å². The molecule has 0 amide bonds. The number of carboxylic acids is 1. The van der Waals surface area contributed by atoms with Crippen molar-refractivity contribution in [3.8, 4) is 6.07 Å². The van der Waals surface area contributed by atoms with Gasteiger partial charge in [-0.3, -0.25) is 0 Å². The normalized spacial score (nSPS) is 10.6. The summed E-state index contributed by atoms with van der Waals surface area (Å²) in [4.78, 5) is 10.3. The number of hydrogen-bond donors (Lipinski definition) is 1. The number of nitrogens with zero attached hydrogens (tertiary/aromatic N) is 1. The average Bonchev–Trinajstić information content (AvgIpc) is 2.24. The topological polar surface area (TPSA) is 61.1 Å². The molecule has 0 aliphatic heterocycles. The summed E-state index contributed by atoms with van der Waals surface area (Å²) in [6, 6.07) is 9.13. The van der Waals surface area contributed by atoms with E-state index < -0.39 is 5.97 Å². The minimum absolute atomic E-state index is 0.770. The zero-order valence-electron chi connectivity index (χ0n) is 7.92. The van der Waals surface area contributed by atoms with Crippen LogP contribution in [0.4, 0.5) is 0 Å². The predicted molar refractivity (Wildman–Crippen MR) is 57.8 cm³/mol. The van der Waals surface area contributed by atoms with Crippen LogP contribution >= 0.6 is 0 Å². The van der Waals surface area contributed by atoms with Crippen molar-refractivity contribution >= 4 is 18.1 Å². The fraction of sp³-hybridized carbons (Fsp3) is 0. The van der Waals surface area contributed by atoms with Gasteiger partial charge >= 0.3 is 5.97 Å². The van der Waals surface area contributed by atoms with Crippen molar-refractivity contribution in [2.24, 2.45) is 0 Å². The molecule has 0 atom stereocenters. The smallest absolute Gasteiger partial charge is 0.328 e. The Morgan fingerprint density at radius 1 is 1.27 bits per heavy atom. The zero-order valence-corrected chi connectivity index (χ0v) is 7.92. The Balaban J connectivity index is 3.02. The Kier molecular flexibility index (Phi) is 3.87. The van der Waals surface area contributed by atoms with Crippen molar-refractivity contribution in [3.05, 3.63) is 47.5 Å². The SMILES string of the molecule is N#CC=Cc1ccccc1/C=C/C(=O)O. The first-order chi connectivity index (χ1) is 7.24. The first kappa shape index (κ1) is 10.7. The van der Waals surface area contributed by atoms with E-state index in [1.54, 1.807) is 12.1 Å². The Hall–Kier alpha value is -2.34. The minimum atomic E-state index is -0.992. The molecule has 0 heterocycles. The van der Waals surface area contributed by atoms with Crippen LogP contribution in [0.5, 0.6) is 0 Å². The highest BCUT2D eigenvalue weighted by atomic mass is 16.4. The van der Waals surface area contributed by atoms with Crippen LogP contribution in [0.25, 0.3) is 12.2 Å². The number of carbonyl (C=O) groups is 1. The van der Waals surface area contributed by atoms with Crippen molar-refractivity contribution in [2.45, 2.75) is 0 Å². The lowest BCUT2D eigenvalue weighted by Crippen LogP contribution is -1.86. The number of aliphatic carboxylic acids is 1. The molecule has 0 unspecified atom stereocenters. The van der Waals surface area contributed by atoms with Gasteiger partial charge in [-0.05, 0) is 23.3 Å². The summed E-state index contributed by atoms with van der Waals surface area (Å²) in [6.45, 7) is 0. The number of rotatable bonds is 3. The van der Waals surface area contributed by atoms with Gasteiger partial charge in [0.15, 0.2) is 0 Å². The second-order valence-corrected chi connectivity index (χ2v) is 2.76. The molecule has 0 aliphatic carbocycles. The fourth-order valence-electron chi connectivity index (χ4n) is 1.10. The molecule has 1 N–H and O–H groups in total. The largest absolute Gasteiger partial charge is 0.478 e. The van der Waals surface area contributed by atoms with Crippen molar-refractivity contribution in [2.75, 3.05) is 0 Å². The minimum Gasteiger partial charge on any atom is -0.478 e. The highest BCUT2D eigenvalue weighted by Gasteiger charge is 1.94. The van der Waals surface area contributed by atoms with Crippen molar-refractivity contribution in [1.82, 2.24) is 0 Å². The van der Waals surface area contributed by atoms with E-state index in [9.17, 15) is 4.79 Å². The summed E-state index contributed by atoms with van der Waals surface area (Å²) in [7, 11) is 0. The molecule has 0 saturated carbocycles. The number of hydrogen-bond acceptors (Lipinski definition) is 2. The molecule has 0 spiro atoms. The van der Waals surface area contributed by atoms with Gasteiger partial charge in [-0.1, -0.05) is 24.3 Å². The fourth-order valence-corrected chi connectivity index (χ4v) is 1.10. The molecule has 15 heavy (non-hydrogen) atoms. The van der Waals surface area contributed by atoms with Crippen LogP contribution in [-0.2, 0) is 4.79 Å². The maximum Gasteiger partial charge on any atom is 0.328 e. The molecule has 1 rings (SSSR count). The Morgan fingerprint density at radius 3 is 2.40 bits per heavy atom. The van der Waals surface area contributed by atoms with Crippen LogP contribution in [0.2, 0.25) is 0 Å². The molecular weight excluding hydrogens is 190 g/mol. The molecule has 0 bridgehead atoms. The summed E-state index contributed by atoms with van der Waals surface area (Å²) in [6.07, 6.45) is 5.56. The average molecular weight is 199 g/mol. The van der Waals surface area contributed by atoms with Gasteiger partial charge in [0, 0.05) is 12.2 Å².